The maximum atomic E-state index is 12.4. The van der Waals surface area contributed by atoms with Gasteiger partial charge in [0.1, 0.15) is 10.8 Å². The number of benzene rings is 2. The van der Waals surface area contributed by atoms with Crippen molar-refractivity contribution in [1.29, 1.82) is 0 Å². The highest BCUT2D eigenvalue weighted by molar-refractivity contribution is 6.32. The van der Waals surface area contributed by atoms with Crippen LogP contribution in [0.3, 0.4) is 0 Å². The molecule has 0 saturated carbocycles. The summed E-state index contributed by atoms with van der Waals surface area (Å²) in [6, 6.07) is 11.3. The monoisotopic (exact) mass is 332 g/mol. The number of ether oxygens (including phenoxy) is 1. The van der Waals surface area contributed by atoms with Crippen LogP contribution < -0.4 is 10.1 Å². The van der Waals surface area contributed by atoms with Gasteiger partial charge in [0, 0.05) is 23.6 Å². The smallest absolute Gasteiger partial charge is 0.288 e. The van der Waals surface area contributed by atoms with E-state index in [1.165, 1.54) is 18.2 Å². The number of amides is 1. The molecule has 0 radical (unpaired) electrons. The van der Waals surface area contributed by atoms with Gasteiger partial charge in [-0.1, -0.05) is 29.8 Å². The molecule has 1 amide bonds. The number of halogens is 1. The Kier molecular flexibility index (Phi) is 4.16. The number of nitro groups is 1. The van der Waals surface area contributed by atoms with Crippen LogP contribution in [0.4, 0.5) is 5.69 Å². The molecule has 23 heavy (non-hydrogen) atoms. The van der Waals surface area contributed by atoms with E-state index in [9.17, 15) is 14.9 Å². The van der Waals surface area contributed by atoms with Crippen molar-refractivity contribution in [2.75, 3.05) is 6.61 Å². The Hall–Kier alpha value is -2.60. The summed E-state index contributed by atoms with van der Waals surface area (Å²) in [4.78, 5) is 22.7. The van der Waals surface area contributed by atoms with E-state index in [2.05, 4.69) is 5.32 Å². The quantitative estimate of drug-likeness (QED) is 0.689. The van der Waals surface area contributed by atoms with Gasteiger partial charge < -0.3 is 10.1 Å². The summed E-state index contributed by atoms with van der Waals surface area (Å²) < 4.78 is 5.55. The van der Waals surface area contributed by atoms with Crippen molar-refractivity contribution in [3.63, 3.8) is 0 Å². The van der Waals surface area contributed by atoms with Crippen LogP contribution in [0.15, 0.2) is 42.5 Å². The lowest BCUT2D eigenvalue weighted by Gasteiger charge is -2.26. The van der Waals surface area contributed by atoms with E-state index in [0.29, 0.717) is 13.0 Å². The number of nitrogens with zero attached hydrogens (tertiary/aromatic N) is 1. The van der Waals surface area contributed by atoms with Crippen molar-refractivity contribution in [2.45, 2.75) is 12.5 Å². The molecule has 0 spiro atoms. The number of hydrogen-bond donors (Lipinski definition) is 1. The first-order valence-corrected chi connectivity index (χ1v) is 7.40. The third-order valence-electron chi connectivity index (χ3n) is 3.67. The summed E-state index contributed by atoms with van der Waals surface area (Å²) in [6.45, 7) is 0.503. The summed E-state index contributed by atoms with van der Waals surface area (Å²) >= 11 is 5.76. The fourth-order valence-corrected chi connectivity index (χ4v) is 2.71. The Bertz CT molecular complexity index is 778. The van der Waals surface area contributed by atoms with Crippen LogP contribution in [0.25, 0.3) is 0 Å². The van der Waals surface area contributed by atoms with E-state index in [1.54, 1.807) is 0 Å². The van der Waals surface area contributed by atoms with Gasteiger partial charge in [-0.3, -0.25) is 14.9 Å². The van der Waals surface area contributed by atoms with Crippen molar-refractivity contribution in [2.24, 2.45) is 0 Å². The lowest BCUT2D eigenvalue weighted by atomic mass is 10.00. The first-order chi connectivity index (χ1) is 11.1. The normalized spacial score (nSPS) is 16.1. The Labute approximate surface area is 137 Å². The Morgan fingerprint density at radius 2 is 2.09 bits per heavy atom. The van der Waals surface area contributed by atoms with Gasteiger partial charge in [-0.2, -0.15) is 0 Å². The summed E-state index contributed by atoms with van der Waals surface area (Å²) in [6.07, 6.45) is 0.637. The number of nitro benzene ring substituents is 1. The zero-order valence-electron chi connectivity index (χ0n) is 12.0. The maximum Gasteiger partial charge on any atom is 0.288 e. The lowest BCUT2D eigenvalue weighted by molar-refractivity contribution is -0.384. The molecule has 1 aliphatic rings. The van der Waals surface area contributed by atoms with E-state index >= 15 is 0 Å². The van der Waals surface area contributed by atoms with Gasteiger partial charge in [-0.25, -0.2) is 0 Å². The van der Waals surface area contributed by atoms with E-state index in [0.717, 1.165) is 11.3 Å². The molecule has 1 atom stereocenters. The van der Waals surface area contributed by atoms with E-state index in [4.69, 9.17) is 16.3 Å². The van der Waals surface area contributed by atoms with Gasteiger partial charge in [0.2, 0.25) is 0 Å². The predicted octanol–water partition coefficient (Wildman–Crippen LogP) is 3.50. The molecule has 1 aliphatic heterocycles. The summed E-state index contributed by atoms with van der Waals surface area (Å²) in [5.74, 6) is 0.359. The fraction of sp³-hybridized carbons (Fsp3) is 0.188. The number of hydrogen-bond acceptors (Lipinski definition) is 4. The second-order valence-electron chi connectivity index (χ2n) is 5.12. The number of carbonyl (C=O) groups excluding carboxylic acids is 1. The summed E-state index contributed by atoms with van der Waals surface area (Å²) in [5.41, 5.74) is 0.812. The van der Waals surface area contributed by atoms with Crippen molar-refractivity contribution >= 4 is 23.2 Å². The highest BCUT2D eigenvalue weighted by atomic mass is 35.5. The third-order valence-corrected chi connectivity index (χ3v) is 3.99. The third kappa shape index (κ3) is 3.12. The zero-order valence-corrected chi connectivity index (χ0v) is 12.7. The van der Waals surface area contributed by atoms with Gasteiger partial charge >= 0.3 is 0 Å². The van der Waals surface area contributed by atoms with Crippen molar-refractivity contribution < 1.29 is 14.5 Å². The SMILES string of the molecule is O=C(NC1CCOc2ccccc21)c1ccc(Cl)c([N+](=O)[O-])c1. The number of para-hydroxylation sites is 1. The summed E-state index contributed by atoms with van der Waals surface area (Å²) in [7, 11) is 0. The fourth-order valence-electron chi connectivity index (χ4n) is 2.53. The highest BCUT2D eigenvalue weighted by Gasteiger charge is 2.24. The van der Waals surface area contributed by atoms with Gasteiger partial charge in [-0.15, -0.1) is 0 Å². The van der Waals surface area contributed by atoms with E-state index in [1.807, 2.05) is 24.3 Å². The van der Waals surface area contributed by atoms with Crippen LogP contribution in [-0.4, -0.2) is 17.4 Å². The molecule has 0 saturated heterocycles. The van der Waals surface area contributed by atoms with E-state index < -0.39 is 4.92 Å². The van der Waals surface area contributed by atoms with Crippen LogP contribution in [-0.2, 0) is 0 Å². The first kappa shape index (κ1) is 15.3. The Morgan fingerprint density at radius 3 is 2.87 bits per heavy atom. The van der Waals surface area contributed by atoms with Gasteiger partial charge in [0.05, 0.1) is 17.6 Å². The van der Waals surface area contributed by atoms with Crippen molar-refractivity contribution in [1.82, 2.24) is 5.32 Å². The molecular weight excluding hydrogens is 320 g/mol. The molecule has 0 bridgehead atoms. The lowest BCUT2D eigenvalue weighted by Crippen LogP contribution is -2.32. The first-order valence-electron chi connectivity index (χ1n) is 7.03. The van der Waals surface area contributed by atoms with Crippen molar-refractivity contribution in [3.8, 4) is 5.75 Å². The van der Waals surface area contributed by atoms with Crippen LogP contribution in [0, 0.1) is 10.1 Å². The molecular formula is C16H13ClN2O4. The molecule has 1 unspecified atom stereocenters. The molecule has 3 rings (SSSR count). The molecule has 6 nitrogen and oxygen atoms in total. The average Bonchev–Trinajstić information content (AvgIpc) is 2.55. The molecule has 2 aromatic rings. The van der Waals surface area contributed by atoms with Gasteiger partial charge in [0.25, 0.3) is 11.6 Å². The average molecular weight is 333 g/mol. The highest BCUT2D eigenvalue weighted by Crippen LogP contribution is 2.32. The molecule has 0 aliphatic carbocycles. The molecule has 0 fully saturated rings. The standard InChI is InChI=1S/C16H13ClN2O4/c17-12-6-5-10(9-14(12)19(21)22)16(20)18-13-7-8-23-15-4-2-1-3-11(13)15/h1-6,9,13H,7-8H2,(H,18,20). The van der Waals surface area contributed by atoms with Gasteiger partial charge in [-0.05, 0) is 18.2 Å². The van der Waals surface area contributed by atoms with Crippen LogP contribution in [0.1, 0.15) is 28.4 Å². The Balaban J connectivity index is 1.83. The predicted molar refractivity (Wildman–Crippen MR) is 84.9 cm³/mol. The number of fused-ring (bicyclic) bond motifs is 1. The Morgan fingerprint density at radius 1 is 1.30 bits per heavy atom. The largest absolute Gasteiger partial charge is 0.493 e. The molecule has 0 aromatic heterocycles. The van der Waals surface area contributed by atoms with Crippen LogP contribution in [0.2, 0.25) is 5.02 Å². The van der Waals surface area contributed by atoms with Crippen LogP contribution in [0.5, 0.6) is 5.75 Å². The maximum absolute atomic E-state index is 12.4. The number of rotatable bonds is 3. The molecule has 1 heterocycles. The van der Waals surface area contributed by atoms with Crippen LogP contribution >= 0.6 is 11.6 Å². The van der Waals surface area contributed by atoms with Crippen molar-refractivity contribution in [3.05, 3.63) is 68.7 Å². The zero-order chi connectivity index (χ0) is 16.4. The number of carbonyl (C=O) groups is 1. The second kappa shape index (κ2) is 6.26. The second-order valence-corrected chi connectivity index (χ2v) is 5.53. The van der Waals surface area contributed by atoms with Gasteiger partial charge in [0.15, 0.2) is 0 Å². The summed E-state index contributed by atoms with van der Waals surface area (Å²) in [5, 5.41) is 13.8. The minimum absolute atomic E-state index is 0.00274. The molecule has 7 heteroatoms. The van der Waals surface area contributed by atoms with E-state index in [-0.39, 0.29) is 28.2 Å². The minimum atomic E-state index is -0.608. The molecule has 118 valence electrons. The number of nitrogens with one attached hydrogen (secondary N) is 1. The minimum Gasteiger partial charge on any atom is -0.493 e. The molecule has 1 N–H and O–H groups in total. The topological polar surface area (TPSA) is 81.5 Å². The molecule has 2 aromatic carbocycles.